The molecule has 0 atom stereocenters. The van der Waals surface area contributed by atoms with E-state index in [-0.39, 0.29) is 5.91 Å². The average molecular weight is 237 g/mol. The lowest BCUT2D eigenvalue weighted by Gasteiger charge is -2.22. The second-order valence-corrected chi connectivity index (χ2v) is 4.47. The van der Waals surface area contributed by atoms with Gasteiger partial charge in [0, 0.05) is 20.0 Å². The van der Waals surface area contributed by atoms with Crippen molar-refractivity contribution < 1.29 is 14.3 Å². The topological polar surface area (TPSA) is 56.6 Å². The van der Waals surface area contributed by atoms with Crippen LogP contribution < -0.4 is 0 Å². The second kappa shape index (κ2) is 3.82. The Balaban J connectivity index is 1.75. The largest absolute Gasteiger partial charge is 0.346 e. The number of ether oxygens (including phenoxy) is 2. The van der Waals surface area contributed by atoms with E-state index in [0.29, 0.717) is 32.0 Å². The Kier molecular flexibility index (Phi) is 2.41. The molecule has 0 aliphatic carbocycles. The van der Waals surface area contributed by atoms with Crippen molar-refractivity contribution in [1.29, 1.82) is 0 Å². The fourth-order valence-corrected chi connectivity index (χ4v) is 2.39. The lowest BCUT2D eigenvalue weighted by molar-refractivity contribution is -0.143. The van der Waals surface area contributed by atoms with Gasteiger partial charge in [0.25, 0.3) is 5.91 Å². The minimum Gasteiger partial charge on any atom is -0.346 e. The highest BCUT2D eigenvalue weighted by Gasteiger charge is 2.45. The molecule has 3 rings (SSSR count). The quantitative estimate of drug-likeness (QED) is 0.690. The van der Waals surface area contributed by atoms with Crippen molar-refractivity contribution in [2.24, 2.45) is 7.05 Å². The molecular formula is C11H15N3O3. The molecule has 2 aliphatic rings. The van der Waals surface area contributed by atoms with Crippen LogP contribution in [0.5, 0.6) is 0 Å². The van der Waals surface area contributed by atoms with E-state index in [0.717, 1.165) is 6.42 Å². The van der Waals surface area contributed by atoms with E-state index < -0.39 is 5.79 Å². The Morgan fingerprint density at radius 1 is 1.47 bits per heavy atom. The summed E-state index contributed by atoms with van der Waals surface area (Å²) in [6.07, 6.45) is 3.96. The summed E-state index contributed by atoms with van der Waals surface area (Å²) >= 11 is 0. The molecule has 0 N–H and O–H groups in total. The summed E-state index contributed by atoms with van der Waals surface area (Å²) < 4.78 is 12.9. The first-order valence-electron chi connectivity index (χ1n) is 5.74. The van der Waals surface area contributed by atoms with E-state index in [1.54, 1.807) is 22.0 Å². The van der Waals surface area contributed by atoms with Crippen LogP contribution in [-0.2, 0) is 16.5 Å². The van der Waals surface area contributed by atoms with E-state index in [1.165, 1.54) is 0 Å². The van der Waals surface area contributed by atoms with Gasteiger partial charge in [0.1, 0.15) is 5.69 Å². The number of hydrogen-bond donors (Lipinski definition) is 0. The number of aromatic nitrogens is 2. The molecule has 92 valence electrons. The molecule has 0 bridgehead atoms. The van der Waals surface area contributed by atoms with Crippen LogP contribution >= 0.6 is 0 Å². The first kappa shape index (κ1) is 10.7. The SMILES string of the molecule is Cn1cncc1C(=O)N1CCC2(C1)OCCO2. The molecule has 1 amide bonds. The number of imidazole rings is 1. The fraction of sp³-hybridized carbons (Fsp3) is 0.636. The Bertz CT molecular complexity index is 437. The summed E-state index contributed by atoms with van der Waals surface area (Å²) in [4.78, 5) is 17.9. The third kappa shape index (κ3) is 1.73. The van der Waals surface area contributed by atoms with Crippen LogP contribution in [0.3, 0.4) is 0 Å². The molecule has 0 radical (unpaired) electrons. The zero-order valence-electron chi connectivity index (χ0n) is 9.76. The van der Waals surface area contributed by atoms with Gasteiger partial charge in [-0.1, -0.05) is 0 Å². The average Bonchev–Trinajstić information content (AvgIpc) is 3.02. The van der Waals surface area contributed by atoms with Gasteiger partial charge in [0.2, 0.25) is 0 Å². The van der Waals surface area contributed by atoms with Crippen molar-refractivity contribution in [3.8, 4) is 0 Å². The van der Waals surface area contributed by atoms with Gasteiger partial charge in [0.05, 0.1) is 32.3 Å². The molecule has 1 aromatic heterocycles. The molecule has 2 aliphatic heterocycles. The predicted molar refractivity (Wildman–Crippen MR) is 58.4 cm³/mol. The highest BCUT2D eigenvalue weighted by Crippen LogP contribution is 2.31. The van der Waals surface area contributed by atoms with E-state index in [4.69, 9.17) is 9.47 Å². The Morgan fingerprint density at radius 2 is 2.24 bits per heavy atom. The van der Waals surface area contributed by atoms with E-state index >= 15 is 0 Å². The summed E-state index contributed by atoms with van der Waals surface area (Å²) in [5, 5.41) is 0. The van der Waals surface area contributed by atoms with Crippen LogP contribution in [0, 0.1) is 0 Å². The number of aryl methyl sites for hydroxylation is 1. The molecular weight excluding hydrogens is 222 g/mol. The number of hydrogen-bond acceptors (Lipinski definition) is 4. The van der Waals surface area contributed by atoms with Gasteiger partial charge in [-0.2, -0.15) is 0 Å². The van der Waals surface area contributed by atoms with E-state index in [1.807, 2.05) is 7.05 Å². The normalized spacial score (nSPS) is 22.5. The van der Waals surface area contributed by atoms with Crippen LogP contribution in [0.2, 0.25) is 0 Å². The van der Waals surface area contributed by atoms with Gasteiger partial charge in [0.15, 0.2) is 5.79 Å². The van der Waals surface area contributed by atoms with Crippen LogP contribution in [0.15, 0.2) is 12.5 Å². The fourth-order valence-electron chi connectivity index (χ4n) is 2.39. The molecule has 2 fully saturated rings. The van der Waals surface area contributed by atoms with Crippen molar-refractivity contribution in [2.45, 2.75) is 12.2 Å². The molecule has 6 nitrogen and oxygen atoms in total. The number of rotatable bonds is 1. The molecule has 1 spiro atoms. The van der Waals surface area contributed by atoms with Gasteiger partial charge in [-0.15, -0.1) is 0 Å². The number of likely N-dealkylation sites (tertiary alicyclic amines) is 1. The van der Waals surface area contributed by atoms with Crippen molar-refractivity contribution in [1.82, 2.24) is 14.5 Å². The highest BCUT2D eigenvalue weighted by molar-refractivity contribution is 5.92. The first-order chi connectivity index (χ1) is 8.20. The third-order valence-corrected chi connectivity index (χ3v) is 3.33. The third-order valence-electron chi connectivity index (χ3n) is 3.33. The maximum Gasteiger partial charge on any atom is 0.272 e. The summed E-state index contributed by atoms with van der Waals surface area (Å²) in [6, 6.07) is 0. The molecule has 6 heteroatoms. The van der Waals surface area contributed by atoms with E-state index in [9.17, 15) is 4.79 Å². The molecule has 17 heavy (non-hydrogen) atoms. The predicted octanol–water partition coefficient (Wildman–Crippen LogP) is 0.00910. The van der Waals surface area contributed by atoms with Crippen LogP contribution in [0.1, 0.15) is 16.9 Å². The number of carbonyl (C=O) groups excluding carboxylic acids is 1. The second-order valence-electron chi connectivity index (χ2n) is 4.47. The minimum atomic E-state index is -0.547. The first-order valence-corrected chi connectivity index (χ1v) is 5.74. The number of nitrogens with zero attached hydrogens (tertiary/aromatic N) is 3. The minimum absolute atomic E-state index is 0.0130. The monoisotopic (exact) mass is 237 g/mol. The summed E-state index contributed by atoms with van der Waals surface area (Å²) in [5.74, 6) is -0.560. The van der Waals surface area contributed by atoms with Crippen molar-refractivity contribution in [2.75, 3.05) is 26.3 Å². The van der Waals surface area contributed by atoms with Gasteiger partial charge in [-0.05, 0) is 0 Å². The Hall–Kier alpha value is -1.40. The van der Waals surface area contributed by atoms with Gasteiger partial charge < -0.3 is 18.9 Å². The summed E-state index contributed by atoms with van der Waals surface area (Å²) in [6.45, 7) is 2.42. The van der Waals surface area contributed by atoms with Gasteiger partial charge >= 0.3 is 0 Å². The number of carbonyl (C=O) groups is 1. The molecule has 1 aromatic rings. The zero-order valence-corrected chi connectivity index (χ0v) is 9.76. The number of amides is 1. The van der Waals surface area contributed by atoms with Crippen LogP contribution in [0.25, 0.3) is 0 Å². The summed E-state index contributed by atoms with van der Waals surface area (Å²) in [5.41, 5.74) is 0.597. The zero-order chi connectivity index (χ0) is 11.9. The smallest absolute Gasteiger partial charge is 0.272 e. The Morgan fingerprint density at radius 3 is 2.88 bits per heavy atom. The maximum absolute atomic E-state index is 12.2. The molecule has 0 aromatic carbocycles. The lowest BCUT2D eigenvalue weighted by Crippen LogP contribution is -2.37. The van der Waals surface area contributed by atoms with Crippen molar-refractivity contribution >= 4 is 5.91 Å². The Labute approximate surface area is 99.1 Å². The molecule has 0 saturated carbocycles. The van der Waals surface area contributed by atoms with Gasteiger partial charge in [-0.25, -0.2) is 4.98 Å². The van der Waals surface area contributed by atoms with Gasteiger partial charge in [-0.3, -0.25) is 4.79 Å². The lowest BCUT2D eigenvalue weighted by atomic mass is 10.2. The van der Waals surface area contributed by atoms with E-state index in [2.05, 4.69) is 4.98 Å². The van der Waals surface area contributed by atoms with Crippen LogP contribution in [0.4, 0.5) is 0 Å². The highest BCUT2D eigenvalue weighted by atomic mass is 16.7. The molecule has 2 saturated heterocycles. The standard InChI is InChI=1S/C11H15N3O3/c1-13-8-12-6-9(13)10(15)14-3-2-11(7-14)16-4-5-17-11/h6,8H,2-5,7H2,1H3. The molecule has 3 heterocycles. The van der Waals surface area contributed by atoms with Crippen molar-refractivity contribution in [3.63, 3.8) is 0 Å². The van der Waals surface area contributed by atoms with Crippen LogP contribution in [-0.4, -0.2) is 52.4 Å². The summed E-state index contributed by atoms with van der Waals surface area (Å²) in [7, 11) is 1.81. The maximum atomic E-state index is 12.2. The van der Waals surface area contributed by atoms with Crippen molar-refractivity contribution in [3.05, 3.63) is 18.2 Å². The molecule has 0 unspecified atom stereocenters.